The number of aryl methyl sites for hydroxylation is 2. The highest BCUT2D eigenvalue weighted by Crippen LogP contribution is 2.40. The van der Waals surface area contributed by atoms with Gasteiger partial charge in [0.25, 0.3) is 5.91 Å². The fourth-order valence-electron chi connectivity index (χ4n) is 2.74. The van der Waals surface area contributed by atoms with Gasteiger partial charge in [0.05, 0.1) is 6.42 Å². The molecule has 0 fully saturated rings. The number of carbonyl (C=O) groups is 2. The maximum Gasteiger partial charge on any atom is 0.261 e. The summed E-state index contributed by atoms with van der Waals surface area (Å²) in [4.78, 5) is 24.8. The van der Waals surface area contributed by atoms with Crippen molar-refractivity contribution in [1.29, 1.82) is 0 Å². The maximum atomic E-state index is 12.6. The van der Waals surface area contributed by atoms with Crippen LogP contribution in [0.1, 0.15) is 33.5 Å². The van der Waals surface area contributed by atoms with Crippen LogP contribution < -0.4 is 5.32 Å². The Hall–Kier alpha value is -1.98. The SMILES string of the molecule is Cc1ccc(C(=O)C[C@@]2(O)C(=O)Nc3ccc(Br)cc32)cc1C. The summed E-state index contributed by atoms with van der Waals surface area (Å²) in [6.45, 7) is 3.89. The number of hydrogen-bond acceptors (Lipinski definition) is 3. The highest BCUT2D eigenvalue weighted by atomic mass is 79.9. The topological polar surface area (TPSA) is 66.4 Å². The summed E-state index contributed by atoms with van der Waals surface area (Å²) in [5.41, 5.74) is 1.71. The van der Waals surface area contributed by atoms with Gasteiger partial charge in [-0.15, -0.1) is 0 Å². The fraction of sp³-hybridized carbons (Fsp3) is 0.222. The van der Waals surface area contributed by atoms with Crippen LogP contribution >= 0.6 is 15.9 Å². The van der Waals surface area contributed by atoms with Gasteiger partial charge in [-0.25, -0.2) is 0 Å². The van der Waals surface area contributed by atoms with E-state index >= 15 is 0 Å². The number of benzene rings is 2. The van der Waals surface area contributed by atoms with Crippen molar-refractivity contribution in [2.45, 2.75) is 25.9 Å². The zero-order valence-electron chi connectivity index (χ0n) is 12.8. The number of nitrogens with one attached hydrogen (secondary N) is 1. The van der Waals surface area contributed by atoms with E-state index in [9.17, 15) is 14.7 Å². The molecule has 0 radical (unpaired) electrons. The van der Waals surface area contributed by atoms with Gasteiger partial charge in [-0.1, -0.05) is 28.1 Å². The Morgan fingerprint density at radius 1 is 1.17 bits per heavy atom. The third kappa shape index (κ3) is 2.71. The molecule has 0 aromatic heterocycles. The minimum Gasteiger partial charge on any atom is -0.375 e. The van der Waals surface area contributed by atoms with E-state index in [2.05, 4.69) is 21.2 Å². The molecule has 1 aliphatic rings. The van der Waals surface area contributed by atoms with Crippen molar-refractivity contribution in [1.82, 2.24) is 0 Å². The Labute approximate surface area is 142 Å². The summed E-state index contributed by atoms with van der Waals surface area (Å²) in [6, 6.07) is 10.5. The molecule has 0 saturated carbocycles. The predicted molar refractivity (Wildman–Crippen MR) is 91.5 cm³/mol. The standard InChI is InChI=1S/C18H16BrNO3/c1-10-3-4-12(7-11(10)2)16(21)9-18(23)14-8-13(19)5-6-15(14)20-17(18)22/h3-8,23H,9H2,1-2H3,(H,20,22)/t18-/m0/s1. The summed E-state index contributed by atoms with van der Waals surface area (Å²) < 4.78 is 0.741. The first-order valence-corrected chi connectivity index (χ1v) is 8.05. The molecule has 5 heteroatoms. The van der Waals surface area contributed by atoms with Gasteiger partial charge < -0.3 is 10.4 Å². The van der Waals surface area contributed by atoms with Crippen molar-refractivity contribution in [3.8, 4) is 0 Å². The number of halogens is 1. The second kappa shape index (κ2) is 5.58. The quantitative estimate of drug-likeness (QED) is 0.809. The zero-order valence-corrected chi connectivity index (χ0v) is 14.4. The molecule has 2 N–H and O–H groups in total. The van der Waals surface area contributed by atoms with Crippen LogP contribution in [0.5, 0.6) is 0 Å². The molecule has 0 saturated heterocycles. The first-order chi connectivity index (χ1) is 10.8. The molecule has 0 unspecified atom stereocenters. The van der Waals surface area contributed by atoms with Crippen molar-refractivity contribution >= 4 is 33.3 Å². The fourth-order valence-corrected chi connectivity index (χ4v) is 3.10. The van der Waals surface area contributed by atoms with Crippen LogP contribution in [0.4, 0.5) is 5.69 Å². The predicted octanol–water partition coefficient (Wildman–Crippen LogP) is 3.48. The van der Waals surface area contributed by atoms with E-state index in [-0.39, 0.29) is 12.2 Å². The maximum absolute atomic E-state index is 12.6. The van der Waals surface area contributed by atoms with Gasteiger partial charge in [-0.05, 0) is 49.2 Å². The van der Waals surface area contributed by atoms with Crippen molar-refractivity contribution in [2.24, 2.45) is 0 Å². The lowest BCUT2D eigenvalue weighted by molar-refractivity contribution is -0.133. The van der Waals surface area contributed by atoms with Crippen LogP contribution in [0.25, 0.3) is 0 Å². The number of fused-ring (bicyclic) bond motifs is 1. The number of amides is 1. The first-order valence-electron chi connectivity index (χ1n) is 7.25. The largest absolute Gasteiger partial charge is 0.375 e. The molecule has 1 atom stereocenters. The van der Waals surface area contributed by atoms with E-state index in [0.717, 1.165) is 15.6 Å². The molecule has 2 aromatic carbocycles. The van der Waals surface area contributed by atoms with Gasteiger partial charge in [0.2, 0.25) is 0 Å². The second-order valence-electron chi connectivity index (χ2n) is 5.90. The van der Waals surface area contributed by atoms with Crippen molar-refractivity contribution in [2.75, 3.05) is 5.32 Å². The summed E-state index contributed by atoms with van der Waals surface area (Å²) in [6.07, 6.45) is -0.287. The molecule has 1 aliphatic heterocycles. The van der Waals surface area contributed by atoms with Gasteiger partial charge in [0, 0.05) is 21.3 Å². The number of ketones is 1. The first kappa shape index (κ1) is 15.9. The lowest BCUT2D eigenvalue weighted by Gasteiger charge is -2.20. The third-order valence-corrected chi connectivity index (χ3v) is 4.79. The number of anilines is 1. The molecule has 2 aromatic rings. The van der Waals surface area contributed by atoms with Crippen LogP contribution in [0.15, 0.2) is 40.9 Å². The van der Waals surface area contributed by atoms with Crippen LogP contribution in [-0.2, 0) is 10.4 Å². The Bertz CT molecular complexity index is 831. The lowest BCUT2D eigenvalue weighted by atomic mass is 9.87. The molecular formula is C18H16BrNO3. The molecule has 118 valence electrons. The lowest BCUT2D eigenvalue weighted by Crippen LogP contribution is -2.36. The Morgan fingerprint density at radius 2 is 1.91 bits per heavy atom. The summed E-state index contributed by atoms with van der Waals surface area (Å²) in [5.74, 6) is -0.832. The van der Waals surface area contributed by atoms with Crippen molar-refractivity contribution in [3.05, 3.63) is 63.1 Å². The number of aliphatic hydroxyl groups is 1. The van der Waals surface area contributed by atoms with Gasteiger partial charge in [0.1, 0.15) is 0 Å². The average molecular weight is 374 g/mol. The highest BCUT2D eigenvalue weighted by Gasteiger charge is 2.46. The highest BCUT2D eigenvalue weighted by molar-refractivity contribution is 9.10. The van der Waals surface area contributed by atoms with E-state index < -0.39 is 11.5 Å². The molecule has 1 heterocycles. The molecule has 0 spiro atoms. The summed E-state index contributed by atoms with van der Waals surface area (Å²) >= 11 is 3.33. The molecular weight excluding hydrogens is 358 g/mol. The molecule has 4 nitrogen and oxygen atoms in total. The van der Waals surface area contributed by atoms with Crippen molar-refractivity contribution in [3.63, 3.8) is 0 Å². The minimum absolute atomic E-state index is 0.265. The van der Waals surface area contributed by atoms with Crippen LogP contribution in [0, 0.1) is 13.8 Å². The van der Waals surface area contributed by atoms with E-state index in [1.807, 2.05) is 19.9 Å². The molecule has 1 amide bonds. The second-order valence-corrected chi connectivity index (χ2v) is 6.82. The van der Waals surface area contributed by atoms with E-state index in [4.69, 9.17) is 0 Å². The number of carbonyl (C=O) groups excluding carboxylic acids is 2. The third-order valence-electron chi connectivity index (χ3n) is 4.30. The Balaban J connectivity index is 1.95. The van der Waals surface area contributed by atoms with Crippen LogP contribution in [0.2, 0.25) is 0 Å². The number of Topliss-reactive ketones (excluding diaryl/α,β-unsaturated/α-hetero) is 1. The summed E-state index contributed by atoms with van der Waals surface area (Å²) in [7, 11) is 0. The van der Waals surface area contributed by atoms with Crippen molar-refractivity contribution < 1.29 is 14.7 Å². The number of hydrogen-bond donors (Lipinski definition) is 2. The van der Waals surface area contributed by atoms with Gasteiger partial charge >= 0.3 is 0 Å². The van der Waals surface area contributed by atoms with Crippen LogP contribution in [-0.4, -0.2) is 16.8 Å². The molecule has 23 heavy (non-hydrogen) atoms. The van der Waals surface area contributed by atoms with Gasteiger partial charge in [-0.3, -0.25) is 9.59 Å². The minimum atomic E-state index is -1.84. The molecule has 0 bridgehead atoms. The molecule has 3 rings (SSSR count). The Kier molecular flexibility index (Phi) is 3.86. The van der Waals surface area contributed by atoms with Gasteiger partial charge in [-0.2, -0.15) is 0 Å². The number of rotatable bonds is 3. The smallest absolute Gasteiger partial charge is 0.261 e. The Morgan fingerprint density at radius 3 is 2.61 bits per heavy atom. The van der Waals surface area contributed by atoms with E-state index in [1.165, 1.54) is 0 Å². The molecule has 0 aliphatic carbocycles. The normalized spacial score (nSPS) is 19.4. The monoisotopic (exact) mass is 373 g/mol. The van der Waals surface area contributed by atoms with E-state index in [0.29, 0.717) is 16.8 Å². The van der Waals surface area contributed by atoms with Gasteiger partial charge in [0.15, 0.2) is 11.4 Å². The van der Waals surface area contributed by atoms with Crippen LogP contribution in [0.3, 0.4) is 0 Å². The zero-order chi connectivity index (χ0) is 16.8. The summed E-state index contributed by atoms with van der Waals surface area (Å²) in [5, 5.41) is 13.5. The average Bonchev–Trinajstić information content (AvgIpc) is 2.73. The van der Waals surface area contributed by atoms with E-state index in [1.54, 1.807) is 30.3 Å².